The molecule has 0 aliphatic heterocycles. The van der Waals surface area contributed by atoms with E-state index < -0.39 is 0 Å². The van der Waals surface area contributed by atoms with Gasteiger partial charge in [0.15, 0.2) is 6.61 Å². The maximum absolute atomic E-state index is 12.1. The van der Waals surface area contributed by atoms with Crippen LogP contribution in [0.3, 0.4) is 0 Å². The molecular weight excluding hydrogens is 318 g/mol. The van der Waals surface area contributed by atoms with Gasteiger partial charge in [0, 0.05) is 0 Å². The summed E-state index contributed by atoms with van der Waals surface area (Å²) in [6, 6.07) is 7.57. The first-order valence-electron chi connectivity index (χ1n) is 7.85. The number of carbonyl (C=O) groups is 1. The lowest BCUT2D eigenvalue weighted by atomic mass is 10.1. The number of pyridine rings is 1. The number of nitrogens with zero attached hydrogens (tertiary/aromatic N) is 4. The second kappa shape index (κ2) is 7.12. The van der Waals surface area contributed by atoms with Gasteiger partial charge < -0.3 is 10.1 Å². The zero-order valence-corrected chi connectivity index (χ0v) is 14.4. The van der Waals surface area contributed by atoms with Gasteiger partial charge in [-0.2, -0.15) is 0 Å². The van der Waals surface area contributed by atoms with Gasteiger partial charge in [-0.3, -0.25) is 9.36 Å². The molecule has 1 amide bonds. The molecule has 1 aromatic carbocycles. The summed E-state index contributed by atoms with van der Waals surface area (Å²) in [7, 11) is 0. The number of amides is 1. The van der Waals surface area contributed by atoms with Gasteiger partial charge in [0.2, 0.25) is 0 Å². The maximum Gasteiger partial charge on any atom is 0.262 e. The number of hydrogen-bond donors (Lipinski definition) is 1. The van der Waals surface area contributed by atoms with Crippen molar-refractivity contribution in [3.05, 3.63) is 59.8 Å². The van der Waals surface area contributed by atoms with Crippen LogP contribution in [-0.4, -0.2) is 32.3 Å². The van der Waals surface area contributed by atoms with E-state index in [0.717, 1.165) is 22.4 Å². The highest BCUT2D eigenvalue weighted by atomic mass is 16.5. The average molecular weight is 337 g/mol. The van der Waals surface area contributed by atoms with Crippen LogP contribution < -0.4 is 10.1 Å². The van der Waals surface area contributed by atoms with Gasteiger partial charge in [-0.05, 0) is 49.6 Å². The molecule has 128 valence electrons. The van der Waals surface area contributed by atoms with Gasteiger partial charge in [0.1, 0.15) is 24.2 Å². The van der Waals surface area contributed by atoms with Gasteiger partial charge in [-0.15, -0.1) is 10.2 Å². The summed E-state index contributed by atoms with van der Waals surface area (Å²) in [6.45, 7) is 5.92. The van der Waals surface area contributed by atoms with Crippen molar-refractivity contribution < 1.29 is 9.53 Å². The fourth-order valence-corrected chi connectivity index (χ4v) is 2.41. The summed E-state index contributed by atoms with van der Waals surface area (Å²) < 4.78 is 7.39. The number of aromatic nitrogens is 4. The van der Waals surface area contributed by atoms with E-state index in [0.29, 0.717) is 11.5 Å². The summed E-state index contributed by atoms with van der Waals surface area (Å²) in [5.41, 5.74) is 3.79. The third kappa shape index (κ3) is 3.82. The third-order valence-corrected chi connectivity index (χ3v) is 3.94. The summed E-state index contributed by atoms with van der Waals surface area (Å²) in [4.78, 5) is 16.4. The minimum atomic E-state index is -0.237. The first-order valence-corrected chi connectivity index (χ1v) is 7.85. The topological polar surface area (TPSA) is 81.9 Å². The van der Waals surface area contributed by atoms with E-state index in [9.17, 15) is 4.79 Å². The van der Waals surface area contributed by atoms with Crippen LogP contribution in [0, 0.1) is 20.8 Å². The Kier molecular flexibility index (Phi) is 4.74. The molecular formula is C18H19N5O2. The molecule has 0 aliphatic carbocycles. The predicted octanol–water partition coefficient (Wildman–Crippen LogP) is 2.61. The molecule has 0 radical (unpaired) electrons. The van der Waals surface area contributed by atoms with Crippen molar-refractivity contribution in [2.24, 2.45) is 0 Å². The largest absolute Gasteiger partial charge is 0.483 e. The number of ether oxygens (including phenoxy) is 1. The van der Waals surface area contributed by atoms with E-state index in [1.54, 1.807) is 35.6 Å². The summed E-state index contributed by atoms with van der Waals surface area (Å²) in [5, 5.41) is 10.2. The molecule has 0 atom stereocenters. The van der Waals surface area contributed by atoms with Crippen LogP contribution in [0.1, 0.15) is 16.7 Å². The average Bonchev–Trinajstić information content (AvgIpc) is 3.13. The lowest BCUT2D eigenvalue weighted by molar-refractivity contribution is -0.118. The zero-order chi connectivity index (χ0) is 17.8. The van der Waals surface area contributed by atoms with Gasteiger partial charge in [-0.25, -0.2) is 4.98 Å². The molecule has 0 saturated carbocycles. The Bertz CT molecular complexity index is 873. The van der Waals surface area contributed by atoms with Crippen molar-refractivity contribution in [2.45, 2.75) is 20.8 Å². The Hall–Kier alpha value is -3.22. The minimum Gasteiger partial charge on any atom is -0.483 e. The molecule has 3 rings (SSSR count). The van der Waals surface area contributed by atoms with Crippen LogP contribution in [0.25, 0.3) is 5.82 Å². The molecule has 25 heavy (non-hydrogen) atoms. The van der Waals surface area contributed by atoms with E-state index in [1.807, 2.05) is 32.9 Å². The number of benzene rings is 1. The number of nitrogens with one attached hydrogen (secondary N) is 1. The molecule has 2 aromatic heterocycles. The van der Waals surface area contributed by atoms with E-state index in [-0.39, 0.29) is 12.5 Å². The SMILES string of the molecule is Cc1ccc(C)c(OCC(=O)Nc2ccc(-n3cnnc3)nc2)c1C. The van der Waals surface area contributed by atoms with Crippen molar-refractivity contribution >= 4 is 11.6 Å². The first-order chi connectivity index (χ1) is 12.0. The quantitative estimate of drug-likeness (QED) is 0.774. The highest BCUT2D eigenvalue weighted by Crippen LogP contribution is 2.25. The van der Waals surface area contributed by atoms with Gasteiger partial charge in [0.25, 0.3) is 5.91 Å². The van der Waals surface area contributed by atoms with Gasteiger partial charge in [-0.1, -0.05) is 12.1 Å². The number of aryl methyl sites for hydroxylation is 2. The maximum atomic E-state index is 12.1. The smallest absolute Gasteiger partial charge is 0.262 e. The summed E-state index contributed by atoms with van der Waals surface area (Å²) in [6.07, 6.45) is 4.69. The molecule has 7 heteroatoms. The predicted molar refractivity (Wildman–Crippen MR) is 93.9 cm³/mol. The Labute approximate surface area is 145 Å². The third-order valence-electron chi connectivity index (χ3n) is 3.94. The lowest BCUT2D eigenvalue weighted by Gasteiger charge is -2.14. The molecule has 0 unspecified atom stereocenters. The first kappa shape index (κ1) is 16.6. The monoisotopic (exact) mass is 337 g/mol. The van der Waals surface area contributed by atoms with Crippen LogP contribution >= 0.6 is 0 Å². The highest BCUT2D eigenvalue weighted by molar-refractivity contribution is 5.91. The Morgan fingerprint density at radius 3 is 2.48 bits per heavy atom. The van der Waals surface area contributed by atoms with Crippen molar-refractivity contribution in [2.75, 3.05) is 11.9 Å². The van der Waals surface area contributed by atoms with Crippen LogP contribution in [-0.2, 0) is 4.79 Å². The number of carbonyl (C=O) groups excluding carboxylic acids is 1. The fourth-order valence-electron chi connectivity index (χ4n) is 2.41. The molecule has 2 heterocycles. The van der Waals surface area contributed by atoms with Crippen molar-refractivity contribution in [3.63, 3.8) is 0 Å². The zero-order valence-electron chi connectivity index (χ0n) is 14.4. The Morgan fingerprint density at radius 2 is 1.80 bits per heavy atom. The number of anilines is 1. The Balaban J connectivity index is 1.61. The number of rotatable bonds is 5. The molecule has 7 nitrogen and oxygen atoms in total. The minimum absolute atomic E-state index is 0.0572. The molecule has 1 N–H and O–H groups in total. The second-order valence-corrected chi connectivity index (χ2v) is 5.76. The van der Waals surface area contributed by atoms with Crippen molar-refractivity contribution in [3.8, 4) is 11.6 Å². The molecule has 0 aliphatic rings. The molecule has 0 saturated heterocycles. The van der Waals surface area contributed by atoms with E-state index in [2.05, 4.69) is 20.5 Å². The molecule has 3 aromatic rings. The summed E-state index contributed by atoms with van der Waals surface area (Å²) in [5.74, 6) is 1.20. The highest BCUT2D eigenvalue weighted by Gasteiger charge is 2.10. The van der Waals surface area contributed by atoms with Crippen LogP contribution in [0.2, 0.25) is 0 Å². The second-order valence-electron chi connectivity index (χ2n) is 5.76. The summed E-state index contributed by atoms with van der Waals surface area (Å²) >= 11 is 0. The van der Waals surface area contributed by atoms with Crippen molar-refractivity contribution in [1.29, 1.82) is 0 Å². The molecule has 0 spiro atoms. The van der Waals surface area contributed by atoms with E-state index in [1.165, 1.54) is 0 Å². The number of hydrogen-bond acceptors (Lipinski definition) is 5. The van der Waals surface area contributed by atoms with Crippen LogP contribution in [0.5, 0.6) is 5.75 Å². The van der Waals surface area contributed by atoms with Gasteiger partial charge >= 0.3 is 0 Å². The normalized spacial score (nSPS) is 10.5. The standard InChI is InChI=1S/C18H19N5O2/c1-12-4-5-13(2)18(14(12)3)25-9-17(24)22-15-6-7-16(19-8-15)23-10-20-21-11-23/h4-8,10-11H,9H2,1-3H3,(H,22,24). The van der Waals surface area contributed by atoms with E-state index >= 15 is 0 Å². The molecule has 0 bridgehead atoms. The fraction of sp³-hybridized carbons (Fsp3) is 0.222. The lowest BCUT2D eigenvalue weighted by Crippen LogP contribution is -2.21. The Morgan fingerprint density at radius 1 is 1.08 bits per heavy atom. The van der Waals surface area contributed by atoms with Crippen LogP contribution in [0.15, 0.2) is 43.1 Å². The van der Waals surface area contributed by atoms with Gasteiger partial charge in [0.05, 0.1) is 11.9 Å². The van der Waals surface area contributed by atoms with E-state index in [4.69, 9.17) is 4.74 Å². The van der Waals surface area contributed by atoms with Crippen molar-refractivity contribution in [1.82, 2.24) is 19.7 Å². The van der Waals surface area contributed by atoms with Crippen LogP contribution in [0.4, 0.5) is 5.69 Å². The molecule has 0 fully saturated rings.